The molecule has 0 N–H and O–H groups in total. The summed E-state index contributed by atoms with van der Waals surface area (Å²) in [6, 6.07) is 6.53. The number of halogens is 1. The van der Waals surface area contributed by atoms with Crippen molar-refractivity contribution in [3.8, 4) is 0 Å². The molecule has 1 aromatic carbocycles. The largest absolute Gasteiger partial charge is 0.768 e. The van der Waals surface area contributed by atoms with Gasteiger partial charge >= 0.3 is 0 Å². The zero-order chi connectivity index (χ0) is 10.1. The lowest BCUT2D eigenvalue weighted by Crippen LogP contribution is -2.07. The van der Waals surface area contributed by atoms with Crippen molar-refractivity contribution in [1.82, 2.24) is 0 Å². The van der Waals surface area contributed by atoms with E-state index >= 15 is 0 Å². The van der Waals surface area contributed by atoms with E-state index in [1.54, 1.807) is 24.3 Å². The van der Waals surface area contributed by atoms with Crippen LogP contribution in [0.15, 0.2) is 29.2 Å². The van der Waals surface area contributed by atoms with Crippen LogP contribution in [0.25, 0.3) is 0 Å². The van der Waals surface area contributed by atoms with Crippen molar-refractivity contribution in [3.63, 3.8) is 0 Å². The second-order valence-electron chi connectivity index (χ2n) is 3.23. The first-order chi connectivity index (χ1) is 5.91. The molecule has 0 fully saturated rings. The Balaban J connectivity index is 3.01. The molecule has 4 heteroatoms. The molecule has 0 saturated heterocycles. The SMILES string of the molecule is CC(C)(Cl)c1ccc(S(=O)[O-])cc1. The summed E-state index contributed by atoms with van der Waals surface area (Å²) < 4.78 is 21.1. The first-order valence-corrected chi connectivity index (χ1v) is 5.25. The van der Waals surface area contributed by atoms with Crippen molar-refractivity contribution in [2.45, 2.75) is 23.6 Å². The van der Waals surface area contributed by atoms with E-state index < -0.39 is 16.0 Å². The van der Waals surface area contributed by atoms with Crippen LogP contribution in [0.1, 0.15) is 19.4 Å². The van der Waals surface area contributed by atoms with Crippen molar-refractivity contribution in [2.24, 2.45) is 0 Å². The van der Waals surface area contributed by atoms with Crippen LogP contribution in [0.4, 0.5) is 0 Å². The standard InChI is InChI=1S/C9H11ClO2S/c1-9(2,10)7-3-5-8(6-4-7)13(11)12/h3-6H,1-2H3,(H,11,12)/p-1. The lowest BCUT2D eigenvalue weighted by molar-refractivity contribution is 0.537. The molecule has 0 heterocycles. The molecule has 0 saturated carbocycles. The van der Waals surface area contributed by atoms with Crippen molar-refractivity contribution in [1.29, 1.82) is 0 Å². The topological polar surface area (TPSA) is 40.1 Å². The molecular weight excluding hydrogens is 208 g/mol. The second kappa shape index (κ2) is 3.78. The third-order valence-corrected chi connectivity index (χ3v) is 2.61. The quantitative estimate of drug-likeness (QED) is 0.564. The molecule has 0 spiro atoms. The van der Waals surface area contributed by atoms with Gasteiger partial charge in [-0.25, -0.2) is 0 Å². The minimum Gasteiger partial charge on any atom is -0.768 e. The maximum atomic E-state index is 10.5. The second-order valence-corrected chi connectivity index (χ2v) is 5.12. The fourth-order valence-electron chi connectivity index (χ4n) is 0.962. The maximum Gasteiger partial charge on any atom is 0.0638 e. The van der Waals surface area contributed by atoms with Gasteiger partial charge in [0.15, 0.2) is 0 Å². The highest BCUT2D eigenvalue weighted by Gasteiger charge is 2.15. The van der Waals surface area contributed by atoms with Crippen LogP contribution >= 0.6 is 11.6 Å². The number of rotatable bonds is 2. The van der Waals surface area contributed by atoms with Crippen LogP contribution in [0.2, 0.25) is 0 Å². The first-order valence-electron chi connectivity index (χ1n) is 3.80. The summed E-state index contributed by atoms with van der Waals surface area (Å²) in [5, 5.41) is 0. The Labute approximate surface area is 85.2 Å². The monoisotopic (exact) mass is 217 g/mol. The highest BCUT2D eigenvalue weighted by atomic mass is 35.5. The van der Waals surface area contributed by atoms with E-state index in [4.69, 9.17) is 11.6 Å². The first kappa shape index (κ1) is 10.7. The van der Waals surface area contributed by atoms with Gasteiger partial charge in [0.2, 0.25) is 0 Å². The summed E-state index contributed by atoms with van der Waals surface area (Å²) in [7, 11) is 0. The van der Waals surface area contributed by atoms with E-state index in [9.17, 15) is 8.76 Å². The van der Waals surface area contributed by atoms with Gasteiger partial charge in [0.05, 0.1) is 4.87 Å². The molecule has 0 aliphatic rings. The molecule has 1 unspecified atom stereocenters. The summed E-state index contributed by atoms with van der Waals surface area (Å²) in [4.78, 5) is -0.173. The highest BCUT2D eigenvalue weighted by molar-refractivity contribution is 7.79. The molecule has 1 rings (SSSR count). The van der Waals surface area contributed by atoms with Gasteiger partial charge < -0.3 is 4.55 Å². The normalized spacial score (nSPS) is 14.2. The summed E-state index contributed by atoms with van der Waals surface area (Å²) in [6.45, 7) is 3.72. The van der Waals surface area contributed by atoms with E-state index in [1.807, 2.05) is 13.8 Å². The van der Waals surface area contributed by atoms with Gasteiger partial charge in [0.25, 0.3) is 0 Å². The molecule has 0 aromatic heterocycles. The predicted octanol–water partition coefficient (Wildman–Crippen LogP) is 2.40. The van der Waals surface area contributed by atoms with Crippen molar-refractivity contribution < 1.29 is 8.76 Å². The van der Waals surface area contributed by atoms with Crippen molar-refractivity contribution >= 4 is 22.7 Å². The Morgan fingerprint density at radius 2 is 1.77 bits per heavy atom. The number of hydrogen-bond acceptors (Lipinski definition) is 2. The molecule has 0 aliphatic carbocycles. The lowest BCUT2D eigenvalue weighted by atomic mass is 10.0. The van der Waals surface area contributed by atoms with E-state index in [-0.39, 0.29) is 4.90 Å². The average molecular weight is 218 g/mol. The molecule has 0 radical (unpaired) electrons. The molecule has 72 valence electrons. The summed E-state index contributed by atoms with van der Waals surface area (Å²) in [5.41, 5.74) is 0.906. The van der Waals surface area contributed by atoms with Gasteiger partial charge in [0, 0.05) is 4.90 Å². The molecular formula is C9H10ClO2S-. The zero-order valence-electron chi connectivity index (χ0n) is 7.41. The van der Waals surface area contributed by atoms with Crippen LogP contribution in [0.5, 0.6) is 0 Å². The molecule has 0 amide bonds. The van der Waals surface area contributed by atoms with E-state index in [2.05, 4.69) is 0 Å². The van der Waals surface area contributed by atoms with Gasteiger partial charge in [-0.15, -0.1) is 11.6 Å². The highest BCUT2D eigenvalue weighted by Crippen LogP contribution is 2.27. The van der Waals surface area contributed by atoms with Crippen LogP contribution in [-0.2, 0) is 16.0 Å². The number of benzene rings is 1. The van der Waals surface area contributed by atoms with Crippen LogP contribution in [0.3, 0.4) is 0 Å². The van der Waals surface area contributed by atoms with E-state index in [0.717, 1.165) is 5.56 Å². The van der Waals surface area contributed by atoms with Gasteiger partial charge in [-0.05, 0) is 42.6 Å². The third kappa shape index (κ3) is 2.79. The van der Waals surface area contributed by atoms with Gasteiger partial charge in [0.1, 0.15) is 0 Å². The van der Waals surface area contributed by atoms with E-state index in [1.165, 1.54) is 0 Å². The number of alkyl halides is 1. The number of hydrogen-bond donors (Lipinski definition) is 0. The smallest absolute Gasteiger partial charge is 0.0638 e. The van der Waals surface area contributed by atoms with Crippen LogP contribution in [0, 0.1) is 0 Å². The molecule has 0 aliphatic heterocycles. The van der Waals surface area contributed by atoms with Crippen LogP contribution in [-0.4, -0.2) is 8.76 Å². The van der Waals surface area contributed by atoms with Gasteiger partial charge in [-0.2, -0.15) is 0 Å². The summed E-state index contributed by atoms with van der Waals surface area (Å²) in [6.07, 6.45) is 0. The Bertz CT molecular complexity index is 313. The summed E-state index contributed by atoms with van der Waals surface area (Å²) >= 11 is 3.88. The Hall–Kier alpha value is -0.380. The van der Waals surface area contributed by atoms with Crippen molar-refractivity contribution in [2.75, 3.05) is 0 Å². The molecule has 2 nitrogen and oxygen atoms in total. The lowest BCUT2D eigenvalue weighted by Gasteiger charge is -2.16. The average Bonchev–Trinajstić information content (AvgIpc) is 2.03. The fourth-order valence-corrected chi connectivity index (χ4v) is 1.45. The zero-order valence-corrected chi connectivity index (χ0v) is 8.98. The minimum atomic E-state index is -2.16. The third-order valence-electron chi connectivity index (χ3n) is 1.73. The van der Waals surface area contributed by atoms with Gasteiger partial charge in [-0.3, -0.25) is 4.21 Å². The minimum absolute atomic E-state index is 0.282. The fraction of sp³-hybridized carbons (Fsp3) is 0.333. The maximum absolute atomic E-state index is 10.5. The predicted molar refractivity (Wildman–Crippen MR) is 52.5 cm³/mol. The van der Waals surface area contributed by atoms with Crippen molar-refractivity contribution in [3.05, 3.63) is 29.8 Å². The Morgan fingerprint density at radius 1 is 1.31 bits per heavy atom. The summed E-state index contributed by atoms with van der Waals surface area (Å²) in [5.74, 6) is 0. The van der Waals surface area contributed by atoms with E-state index in [0.29, 0.717) is 0 Å². The molecule has 1 aromatic rings. The Kier molecular flexibility index (Phi) is 3.11. The molecule has 0 bridgehead atoms. The van der Waals surface area contributed by atoms with Gasteiger partial charge in [-0.1, -0.05) is 12.1 Å². The van der Waals surface area contributed by atoms with Crippen LogP contribution < -0.4 is 0 Å². The molecule has 13 heavy (non-hydrogen) atoms. The Morgan fingerprint density at radius 3 is 2.08 bits per heavy atom. The molecule has 1 atom stereocenters.